The number of thioether (sulfide) groups is 1. The molecule has 1 aromatic carbocycles. The van der Waals surface area contributed by atoms with E-state index in [1.807, 2.05) is 17.8 Å². The van der Waals surface area contributed by atoms with Crippen molar-refractivity contribution in [1.29, 1.82) is 0 Å². The van der Waals surface area contributed by atoms with Crippen LogP contribution in [-0.2, 0) is 4.79 Å². The van der Waals surface area contributed by atoms with Gasteiger partial charge in [-0.25, -0.2) is 0 Å². The monoisotopic (exact) mass is 306 g/mol. The summed E-state index contributed by atoms with van der Waals surface area (Å²) < 4.78 is 0. The lowest BCUT2D eigenvalue weighted by Crippen LogP contribution is -2.33. The molecule has 0 saturated heterocycles. The molecule has 3 nitrogen and oxygen atoms in total. The molecule has 1 heterocycles. The van der Waals surface area contributed by atoms with Crippen LogP contribution in [0.25, 0.3) is 0 Å². The van der Waals surface area contributed by atoms with Crippen molar-refractivity contribution < 1.29 is 4.79 Å². The number of benzene rings is 1. The first kappa shape index (κ1) is 16.4. The normalized spacial score (nSPS) is 19.1. The molecule has 3 N–H and O–H groups in total. The first-order chi connectivity index (χ1) is 10.1. The van der Waals surface area contributed by atoms with Gasteiger partial charge in [-0.2, -0.15) is 0 Å². The standard InChI is InChI=1S/C17H26N2OS/c1-12(2)9-13(11-18)10-17(20)19-15-7-8-21-16-6-4-3-5-14(15)16/h3-6,12-13,15H,7-11,18H2,1-2H3,(H,19,20)/t13-,15?/m0/s1. The Balaban J connectivity index is 1.94. The smallest absolute Gasteiger partial charge is 0.220 e. The van der Waals surface area contributed by atoms with Gasteiger partial charge in [0.05, 0.1) is 6.04 Å². The van der Waals surface area contributed by atoms with E-state index in [9.17, 15) is 4.79 Å². The summed E-state index contributed by atoms with van der Waals surface area (Å²) in [6, 6.07) is 8.53. The summed E-state index contributed by atoms with van der Waals surface area (Å²) in [5, 5.41) is 3.21. The first-order valence-electron chi connectivity index (χ1n) is 7.81. The molecule has 1 unspecified atom stereocenters. The summed E-state index contributed by atoms with van der Waals surface area (Å²) >= 11 is 1.88. The Kier molecular flexibility index (Phi) is 6.12. The highest BCUT2D eigenvalue weighted by molar-refractivity contribution is 7.99. The van der Waals surface area contributed by atoms with Crippen molar-refractivity contribution in [3.63, 3.8) is 0 Å². The van der Waals surface area contributed by atoms with E-state index in [-0.39, 0.29) is 11.9 Å². The largest absolute Gasteiger partial charge is 0.349 e. The van der Waals surface area contributed by atoms with E-state index in [0.29, 0.717) is 24.8 Å². The van der Waals surface area contributed by atoms with Gasteiger partial charge in [-0.15, -0.1) is 11.8 Å². The number of fused-ring (bicyclic) bond motifs is 1. The molecule has 0 bridgehead atoms. The van der Waals surface area contributed by atoms with Gasteiger partial charge < -0.3 is 11.1 Å². The molecule has 1 aliphatic heterocycles. The third kappa shape index (κ3) is 4.75. The predicted molar refractivity (Wildman–Crippen MR) is 89.3 cm³/mol. The zero-order valence-corrected chi connectivity index (χ0v) is 13.8. The van der Waals surface area contributed by atoms with Crippen molar-refractivity contribution >= 4 is 17.7 Å². The first-order valence-corrected chi connectivity index (χ1v) is 8.79. The van der Waals surface area contributed by atoms with Crippen LogP contribution in [0.1, 0.15) is 44.7 Å². The van der Waals surface area contributed by atoms with Crippen molar-refractivity contribution in [2.75, 3.05) is 12.3 Å². The lowest BCUT2D eigenvalue weighted by Gasteiger charge is -2.26. The van der Waals surface area contributed by atoms with Crippen LogP contribution in [-0.4, -0.2) is 18.2 Å². The van der Waals surface area contributed by atoms with Crippen LogP contribution in [0.3, 0.4) is 0 Å². The molecule has 1 aliphatic rings. The molecule has 0 fully saturated rings. The van der Waals surface area contributed by atoms with E-state index in [2.05, 4.69) is 37.4 Å². The summed E-state index contributed by atoms with van der Waals surface area (Å²) in [6.45, 7) is 4.94. The summed E-state index contributed by atoms with van der Waals surface area (Å²) in [4.78, 5) is 13.6. The molecule has 2 rings (SSSR count). The lowest BCUT2D eigenvalue weighted by atomic mass is 9.93. The summed E-state index contributed by atoms with van der Waals surface area (Å²) in [5.41, 5.74) is 7.06. The average molecular weight is 306 g/mol. The van der Waals surface area contributed by atoms with E-state index in [1.54, 1.807) is 0 Å². The van der Waals surface area contributed by atoms with E-state index < -0.39 is 0 Å². The minimum atomic E-state index is 0.137. The maximum atomic E-state index is 12.3. The highest BCUT2D eigenvalue weighted by Crippen LogP contribution is 2.35. The molecule has 1 aromatic rings. The van der Waals surface area contributed by atoms with Gasteiger partial charge in [0, 0.05) is 17.1 Å². The molecule has 21 heavy (non-hydrogen) atoms. The maximum Gasteiger partial charge on any atom is 0.220 e. The molecular weight excluding hydrogens is 280 g/mol. The van der Waals surface area contributed by atoms with Gasteiger partial charge in [-0.1, -0.05) is 32.0 Å². The Morgan fingerprint density at radius 2 is 2.19 bits per heavy atom. The van der Waals surface area contributed by atoms with Crippen molar-refractivity contribution in [2.45, 2.75) is 44.0 Å². The molecule has 116 valence electrons. The number of carbonyl (C=O) groups is 1. The molecule has 0 saturated carbocycles. The average Bonchev–Trinajstić information content (AvgIpc) is 2.46. The van der Waals surface area contributed by atoms with E-state index in [4.69, 9.17) is 5.73 Å². The van der Waals surface area contributed by atoms with Crippen molar-refractivity contribution in [2.24, 2.45) is 17.6 Å². The Morgan fingerprint density at radius 1 is 1.43 bits per heavy atom. The summed E-state index contributed by atoms with van der Waals surface area (Å²) in [6.07, 6.45) is 2.56. The van der Waals surface area contributed by atoms with Gasteiger partial charge in [0.15, 0.2) is 0 Å². The maximum absolute atomic E-state index is 12.3. The van der Waals surface area contributed by atoms with Gasteiger partial charge in [0.25, 0.3) is 0 Å². The second kappa shape index (κ2) is 7.85. The lowest BCUT2D eigenvalue weighted by molar-refractivity contribution is -0.122. The van der Waals surface area contributed by atoms with Gasteiger partial charge in [-0.3, -0.25) is 4.79 Å². The van der Waals surface area contributed by atoms with Crippen LogP contribution < -0.4 is 11.1 Å². The minimum Gasteiger partial charge on any atom is -0.349 e. The van der Waals surface area contributed by atoms with Crippen LogP contribution in [0, 0.1) is 11.8 Å². The second-order valence-electron chi connectivity index (χ2n) is 6.23. The molecule has 0 aromatic heterocycles. The fourth-order valence-corrected chi connectivity index (χ4v) is 4.06. The third-order valence-corrected chi connectivity index (χ3v) is 5.03. The molecule has 4 heteroatoms. The number of amides is 1. The van der Waals surface area contributed by atoms with Crippen molar-refractivity contribution in [3.05, 3.63) is 29.8 Å². The topological polar surface area (TPSA) is 55.1 Å². The van der Waals surface area contributed by atoms with Gasteiger partial charge in [0.1, 0.15) is 0 Å². The predicted octanol–water partition coefficient (Wildman–Crippen LogP) is 3.35. The van der Waals surface area contributed by atoms with Crippen LogP contribution >= 0.6 is 11.8 Å². The Hall–Kier alpha value is -1.00. The fourth-order valence-electron chi connectivity index (χ4n) is 2.94. The Morgan fingerprint density at radius 3 is 2.90 bits per heavy atom. The zero-order valence-electron chi connectivity index (χ0n) is 13.0. The van der Waals surface area contributed by atoms with E-state index >= 15 is 0 Å². The van der Waals surface area contributed by atoms with E-state index in [0.717, 1.165) is 18.6 Å². The number of hydrogen-bond acceptors (Lipinski definition) is 3. The molecule has 1 amide bonds. The SMILES string of the molecule is CC(C)C[C@H](CN)CC(=O)NC1CCSc2ccccc21. The Labute approximate surface area is 132 Å². The van der Waals surface area contributed by atoms with Crippen LogP contribution in [0.5, 0.6) is 0 Å². The summed E-state index contributed by atoms with van der Waals surface area (Å²) in [7, 11) is 0. The number of rotatable bonds is 6. The van der Waals surface area contributed by atoms with Crippen molar-refractivity contribution in [1.82, 2.24) is 5.32 Å². The number of nitrogens with one attached hydrogen (secondary N) is 1. The van der Waals surface area contributed by atoms with Crippen LogP contribution in [0.4, 0.5) is 0 Å². The number of carbonyl (C=O) groups excluding carboxylic acids is 1. The quantitative estimate of drug-likeness (QED) is 0.847. The summed E-state index contributed by atoms with van der Waals surface area (Å²) in [5.74, 6) is 2.07. The Bertz CT molecular complexity index is 476. The minimum absolute atomic E-state index is 0.137. The van der Waals surface area contributed by atoms with Crippen LogP contribution in [0.2, 0.25) is 0 Å². The third-order valence-electron chi connectivity index (χ3n) is 3.91. The second-order valence-corrected chi connectivity index (χ2v) is 7.37. The molecule has 0 radical (unpaired) electrons. The molecular formula is C17H26N2OS. The molecule has 2 atom stereocenters. The molecule has 0 aliphatic carbocycles. The zero-order chi connectivity index (χ0) is 15.2. The van der Waals surface area contributed by atoms with E-state index in [1.165, 1.54) is 10.5 Å². The molecule has 0 spiro atoms. The highest BCUT2D eigenvalue weighted by atomic mass is 32.2. The highest BCUT2D eigenvalue weighted by Gasteiger charge is 2.23. The number of nitrogens with two attached hydrogens (primary N) is 1. The number of hydrogen-bond donors (Lipinski definition) is 2. The van der Waals surface area contributed by atoms with Gasteiger partial charge in [0.2, 0.25) is 5.91 Å². The van der Waals surface area contributed by atoms with Crippen molar-refractivity contribution in [3.8, 4) is 0 Å². The van der Waals surface area contributed by atoms with Gasteiger partial charge in [-0.05, 0) is 42.9 Å². The van der Waals surface area contributed by atoms with Crippen LogP contribution in [0.15, 0.2) is 29.2 Å². The van der Waals surface area contributed by atoms with Gasteiger partial charge >= 0.3 is 0 Å². The fraction of sp³-hybridized carbons (Fsp3) is 0.588.